The number of carbonyl (C=O) groups is 3. The molecule has 0 aliphatic heterocycles. The maximum absolute atomic E-state index is 12.7. The smallest absolute Gasteiger partial charge is 0.342 e. The first-order valence-electron chi connectivity index (χ1n) is 8.43. The van der Waals surface area contributed by atoms with Crippen LogP contribution >= 0.6 is 0 Å². The Labute approximate surface area is 168 Å². The maximum Gasteiger partial charge on any atom is 0.342 e. The predicted molar refractivity (Wildman–Crippen MR) is 103 cm³/mol. The van der Waals surface area contributed by atoms with Crippen LogP contribution in [0.5, 0.6) is 5.75 Å². The van der Waals surface area contributed by atoms with E-state index in [0.29, 0.717) is 5.56 Å². The van der Waals surface area contributed by atoms with E-state index in [4.69, 9.17) is 8.92 Å². The number of urea groups is 1. The molecule has 0 bridgehead atoms. The lowest BCUT2D eigenvalue weighted by molar-refractivity contribution is -0.123. The molecule has 10 heteroatoms. The van der Waals surface area contributed by atoms with Crippen LogP contribution in [0.15, 0.2) is 47.4 Å². The van der Waals surface area contributed by atoms with Crippen LogP contribution in [0.4, 0.5) is 4.79 Å². The second-order valence-electron chi connectivity index (χ2n) is 6.01. The van der Waals surface area contributed by atoms with Crippen molar-refractivity contribution in [2.24, 2.45) is 0 Å². The third kappa shape index (κ3) is 5.79. The van der Waals surface area contributed by atoms with E-state index in [2.05, 4.69) is 5.32 Å². The highest BCUT2D eigenvalue weighted by Gasteiger charge is 2.24. The van der Waals surface area contributed by atoms with Gasteiger partial charge >= 0.3 is 22.1 Å². The molecule has 0 saturated heterocycles. The molecule has 2 N–H and O–H groups in total. The molecule has 0 spiro atoms. The Bertz CT molecular complexity index is 1050. The van der Waals surface area contributed by atoms with Crippen LogP contribution in [-0.2, 0) is 19.6 Å². The number of imide groups is 1. The van der Waals surface area contributed by atoms with Gasteiger partial charge in [0.1, 0.15) is 10.5 Å². The fourth-order valence-corrected chi connectivity index (χ4v) is 3.55. The van der Waals surface area contributed by atoms with Gasteiger partial charge in [-0.05, 0) is 43.2 Å². The number of rotatable bonds is 6. The van der Waals surface area contributed by atoms with Crippen molar-refractivity contribution in [1.82, 2.24) is 10.6 Å². The minimum Gasteiger partial charge on any atom is -0.452 e. The fraction of sp³-hybridized carbons (Fsp3) is 0.211. The summed E-state index contributed by atoms with van der Waals surface area (Å²) in [4.78, 5) is 34.9. The van der Waals surface area contributed by atoms with Crippen LogP contribution in [0.3, 0.4) is 0 Å². The highest BCUT2D eigenvalue weighted by atomic mass is 32.2. The molecule has 0 fully saturated rings. The first-order chi connectivity index (χ1) is 13.6. The van der Waals surface area contributed by atoms with Crippen molar-refractivity contribution in [1.29, 1.82) is 0 Å². The normalized spacial score (nSPS) is 10.7. The molecule has 0 atom stereocenters. The van der Waals surface area contributed by atoms with E-state index in [-0.39, 0.29) is 16.2 Å². The average molecular weight is 420 g/mol. The molecule has 9 nitrogen and oxygen atoms in total. The number of esters is 1. The molecule has 0 unspecified atom stereocenters. The fourth-order valence-electron chi connectivity index (χ4n) is 2.28. The van der Waals surface area contributed by atoms with Crippen molar-refractivity contribution in [2.75, 3.05) is 13.7 Å². The van der Waals surface area contributed by atoms with Crippen molar-refractivity contribution < 1.29 is 31.7 Å². The Kier molecular flexibility index (Phi) is 6.94. The van der Waals surface area contributed by atoms with Crippen LogP contribution in [0.2, 0.25) is 0 Å². The third-order valence-corrected chi connectivity index (χ3v) is 5.11. The third-order valence-electron chi connectivity index (χ3n) is 3.73. The van der Waals surface area contributed by atoms with Crippen molar-refractivity contribution in [3.8, 4) is 5.75 Å². The van der Waals surface area contributed by atoms with E-state index in [1.54, 1.807) is 26.0 Å². The molecule has 0 aliphatic rings. The lowest BCUT2D eigenvalue weighted by Crippen LogP contribution is -2.39. The van der Waals surface area contributed by atoms with E-state index >= 15 is 0 Å². The van der Waals surface area contributed by atoms with Crippen LogP contribution in [0, 0.1) is 13.8 Å². The maximum atomic E-state index is 12.7. The summed E-state index contributed by atoms with van der Waals surface area (Å²) in [5.41, 5.74) is 1.03. The van der Waals surface area contributed by atoms with Crippen molar-refractivity contribution in [3.63, 3.8) is 0 Å². The minimum absolute atomic E-state index is 0.0226. The number of hydrogen-bond donors (Lipinski definition) is 2. The zero-order chi connectivity index (χ0) is 21.6. The summed E-state index contributed by atoms with van der Waals surface area (Å²) in [5.74, 6) is -2.08. The van der Waals surface area contributed by atoms with Gasteiger partial charge < -0.3 is 14.2 Å². The molecule has 2 aromatic rings. The van der Waals surface area contributed by atoms with Gasteiger partial charge in [0.2, 0.25) is 0 Å². The molecular formula is C19H20N2O7S. The Morgan fingerprint density at radius 1 is 1.03 bits per heavy atom. The molecule has 154 valence electrons. The Morgan fingerprint density at radius 3 is 2.41 bits per heavy atom. The summed E-state index contributed by atoms with van der Waals surface area (Å²) < 4.78 is 35.4. The number of carbonyl (C=O) groups excluding carboxylic acids is 3. The number of para-hydroxylation sites is 1. The zero-order valence-electron chi connectivity index (χ0n) is 16.0. The van der Waals surface area contributed by atoms with Crippen molar-refractivity contribution >= 4 is 28.0 Å². The first-order valence-corrected chi connectivity index (χ1v) is 9.84. The summed E-state index contributed by atoms with van der Waals surface area (Å²) in [5, 5.41) is 4.10. The summed E-state index contributed by atoms with van der Waals surface area (Å²) in [6.07, 6.45) is 0. The molecular weight excluding hydrogens is 400 g/mol. The highest BCUT2D eigenvalue weighted by molar-refractivity contribution is 7.87. The van der Waals surface area contributed by atoms with Gasteiger partial charge in [0.25, 0.3) is 5.91 Å². The van der Waals surface area contributed by atoms with Gasteiger partial charge in [0.05, 0.1) is 0 Å². The number of nitrogens with one attached hydrogen (secondary N) is 2. The number of ether oxygens (including phenoxy) is 1. The topological polar surface area (TPSA) is 128 Å². The zero-order valence-corrected chi connectivity index (χ0v) is 16.8. The number of aryl methyl sites for hydroxylation is 2. The highest BCUT2D eigenvalue weighted by Crippen LogP contribution is 2.25. The number of hydrogen-bond acceptors (Lipinski definition) is 7. The lowest BCUT2D eigenvalue weighted by Gasteiger charge is -2.13. The molecule has 2 rings (SSSR count). The van der Waals surface area contributed by atoms with Gasteiger partial charge in [-0.1, -0.05) is 24.3 Å². The summed E-state index contributed by atoms with van der Waals surface area (Å²) in [6, 6.07) is 9.70. The van der Waals surface area contributed by atoms with E-state index < -0.39 is 34.6 Å². The van der Waals surface area contributed by atoms with Crippen molar-refractivity contribution in [3.05, 3.63) is 59.2 Å². The quantitative estimate of drug-likeness (QED) is 0.537. The van der Waals surface area contributed by atoms with Gasteiger partial charge in [-0.25, -0.2) is 9.59 Å². The van der Waals surface area contributed by atoms with Crippen LogP contribution in [0.1, 0.15) is 21.5 Å². The Balaban J connectivity index is 2.20. The van der Waals surface area contributed by atoms with Gasteiger partial charge in [-0.15, -0.1) is 0 Å². The molecule has 0 aromatic heterocycles. The van der Waals surface area contributed by atoms with Crippen LogP contribution in [-0.4, -0.2) is 40.0 Å². The monoisotopic (exact) mass is 420 g/mol. The second kappa shape index (κ2) is 9.20. The number of amides is 3. The Hall–Kier alpha value is -3.40. The summed E-state index contributed by atoms with van der Waals surface area (Å²) >= 11 is 0. The predicted octanol–water partition coefficient (Wildman–Crippen LogP) is 1.68. The second-order valence-corrected chi connectivity index (χ2v) is 7.52. The molecule has 0 radical (unpaired) electrons. The van der Waals surface area contributed by atoms with E-state index in [1.165, 1.54) is 37.4 Å². The van der Waals surface area contributed by atoms with E-state index in [0.717, 1.165) is 5.56 Å². The SMILES string of the molecule is CNC(=O)NC(=O)COC(=O)c1ccccc1OS(=O)(=O)c1cc(C)ccc1C. The molecule has 29 heavy (non-hydrogen) atoms. The Morgan fingerprint density at radius 2 is 1.72 bits per heavy atom. The molecule has 3 amide bonds. The largest absolute Gasteiger partial charge is 0.452 e. The standard InChI is InChI=1S/C19H20N2O7S/c1-12-8-9-13(2)16(10-12)29(25,26)28-15-7-5-4-6-14(15)18(23)27-11-17(22)21-19(24)20-3/h4-10H,11H2,1-3H3,(H2,20,21,22,24). The lowest BCUT2D eigenvalue weighted by atomic mass is 10.2. The van der Waals surface area contributed by atoms with Gasteiger partial charge in [0.15, 0.2) is 12.4 Å². The molecule has 2 aromatic carbocycles. The van der Waals surface area contributed by atoms with Crippen LogP contribution in [0.25, 0.3) is 0 Å². The van der Waals surface area contributed by atoms with Gasteiger partial charge in [0, 0.05) is 7.05 Å². The number of benzene rings is 2. The van der Waals surface area contributed by atoms with Gasteiger partial charge in [-0.3, -0.25) is 10.1 Å². The molecule has 0 saturated carbocycles. The molecule has 0 heterocycles. The summed E-state index contributed by atoms with van der Waals surface area (Å²) in [7, 11) is -2.90. The summed E-state index contributed by atoms with van der Waals surface area (Å²) in [6.45, 7) is 2.64. The van der Waals surface area contributed by atoms with E-state index in [9.17, 15) is 22.8 Å². The van der Waals surface area contributed by atoms with Gasteiger partial charge in [-0.2, -0.15) is 8.42 Å². The first kappa shape index (κ1) is 21.9. The average Bonchev–Trinajstić information content (AvgIpc) is 2.67. The van der Waals surface area contributed by atoms with E-state index in [1.807, 2.05) is 5.32 Å². The van der Waals surface area contributed by atoms with Crippen molar-refractivity contribution in [2.45, 2.75) is 18.7 Å². The molecule has 0 aliphatic carbocycles. The van der Waals surface area contributed by atoms with Crippen LogP contribution < -0.4 is 14.8 Å². The minimum atomic E-state index is -4.21.